The predicted octanol–water partition coefficient (Wildman–Crippen LogP) is 1.06. The summed E-state index contributed by atoms with van der Waals surface area (Å²) in [6.07, 6.45) is 5.04. The van der Waals surface area contributed by atoms with E-state index in [4.69, 9.17) is 15.2 Å². The minimum atomic E-state index is 0.113. The molecular formula is C10H19NO2. The average molecular weight is 185 g/mol. The van der Waals surface area contributed by atoms with Crippen LogP contribution in [0.1, 0.15) is 32.6 Å². The van der Waals surface area contributed by atoms with E-state index >= 15 is 0 Å². The Morgan fingerprint density at radius 3 is 2.92 bits per heavy atom. The smallest absolute Gasteiger partial charge is 0.0734 e. The van der Waals surface area contributed by atoms with Crippen LogP contribution in [0.15, 0.2) is 0 Å². The Kier molecular flexibility index (Phi) is 2.58. The van der Waals surface area contributed by atoms with Gasteiger partial charge in [0.15, 0.2) is 0 Å². The van der Waals surface area contributed by atoms with E-state index in [2.05, 4.69) is 6.92 Å². The molecule has 3 atom stereocenters. The fourth-order valence-corrected chi connectivity index (χ4v) is 2.53. The van der Waals surface area contributed by atoms with Gasteiger partial charge in [-0.2, -0.15) is 0 Å². The van der Waals surface area contributed by atoms with Crippen molar-refractivity contribution >= 4 is 0 Å². The lowest BCUT2D eigenvalue weighted by molar-refractivity contribution is -0.125. The molecule has 2 aliphatic rings. The van der Waals surface area contributed by atoms with E-state index < -0.39 is 0 Å². The van der Waals surface area contributed by atoms with E-state index in [-0.39, 0.29) is 5.60 Å². The van der Waals surface area contributed by atoms with Crippen molar-refractivity contribution in [1.29, 1.82) is 0 Å². The summed E-state index contributed by atoms with van der Waals surface area (Å²) in [5.74, 6) is 0. The molecule has 2 heterocycles. The Morgan fingerprint density at radius 2 is 2.31 bits per heavy atom. The summed E-state index contributed by atoms with van der Waals surface area (Å²) >= 11 is 0. The van der Waals surface area contributed by atoms with Crippen LogP contribution < -0.4 is 5.73 Å². The molecule has 0 aromatic heterocycles. The van der Waals surface area contributed by atoms with E-state index in [1.165, 1.54) is 6.42 Å². The van der Waals surface area contributed by atoms with Crippen LogP contribution in [0.3, 0.4) is 0 Å². The van der Waals surface area contributed by atoms with Crippen LogP contribution in [0.2, 0.25) is 0 Å². The first-order chi connectivity index (χ1) is 6.24. The number of rotatable bonds is 1. The van der Waals surface area contributed by atoms with Crippen molar-refractivity contribution in [1.82, 2.24) is 0 Å². The Bertz CT molecular complexity index is 186. The van der Waals surface area contributed by atoms with Crippen molar-refractivity contribution < 1.29 is 9.47 Å². The molecule has 0 unspecified atom stereocenters. The molecule has 76 valence electrons. The standard InChI is InChI=1S/C10H19NO2/c1-8-6-10(4-5-12-8)3-2-9(7-11)13-10/h8-9H,2-7,11H2,1H3/t8-,9-,10-/m1/s1. The van der Waals surface area contributed by atoms with Gasteiger partial charge in [0.2, 0.25) is 0 Å². The summed E-state index contributed by atoms with van der Waals surface area (Å²) < 4.78 is 11.5. The maximum atomic E-state index is 6.00. The zero-order valence-corrected chi connectivity index (χ0v) is 8.29. The van der Waals surface area contributed by atoms with Crippen LogP contribution >= 0.6 is 0 Å². The highest BCUT2D eigenvalue weighted by Crippen LogP contribution is 2.39. The van der Waals surface area contributed by atoms with Crippen LogP contribution in [0.4, 0.5) is 0 Å². The molecule has 1 spiro atoms. The fraction of sp³-hybridized carbons (Fsp3) is 1.00. The second kappa shape index (κ2) is 3.56. The van der Waals surface area contributed by atoms with Gasteiger partial charge in [-0.05, 0) is 26.2 Å². The van der Waals surface area contributed by atoms with Crippen molar-refractivity contribution in [2.75, 3.05) is 13.2 Å². The molecular weight excluding hydrogens is 166 g/mol. The topological polar surface area (TPSA) is 44.5 Å². The Labute approximate surface area is 79.6 Å². The van der Waals surface area contributed by atoms with Crippen LogP contribution in [-0.4, -0.2) is 31.0 Å². The molecule has 2 fully saturated rings. The zero-order valence-electron chi connectivity index (χ0n) is 8.29. The van der Waals surface area contributed by atoms with Gasteiger partial charge >= 0.3 is 0 Å². The number of hydrogen-bond donors (Lipinski definition) is 1. The lowest BCUT2D eigenvalue weighted by Gasteiger charge is -2.36. The minimum absolute atomic E-state index is 0.113. The van der Waals surface area contributed by atoms with Gasteiger partial charge in [-0.25, -0.2) is 0 Å². The average Bonchev–Trinajstić information content (AvgIpc) is 2.48. The first kappa shape index (κ1) is 9.44. The lowest BCUT2D eigenvalue weighted by atomic mass is 9.88. The fourth-order valence-electron chi connectivity index (χ4n) is 2.53. The molecule has 2 rings (SSSR count). The summed E-state index contributed by atoms with van der Waals surface area (Å²) in [5, 5.41) is 0. The number of nitrogens with two attached hydrogens (primary N) is 1. The zero-order chi connectivity index (χ0) is 9.31. The lowest BCUT2D eigenvalue weighted by Crippen LogP contribution is -2.40. The Morgan fingerprint density at radius 1 is 1.46 bits per heavy atom. The SMILES string of the molecule is C[C@@H]1C[C@]2(CCO1)CC[C@H](CN)O2. The molecule has 2 aliphatic heterocycles. The van der Waals surface area contributed by atoms with E-state index in [0.29, 0.717) is 18.8 Å². The molecule has 3 nitrogen and oxygen atoms in total. The summed E-state index contributed by atoms with van der Waals surface area (Å²) in [5.41, 5.74) is 5.71. The maximum Gasteiger partial charge on any atom is 0.0734 e. The molecule has 3 heteroatoms. The third-order valence-electron chi connectivity index (χ3n) is 3.22. The molecule has 0 amide bonds. The van der Waals surface area contributed by atoms with Gasteiger partial charge in [0.25, 0.3) is 0 Å². The number of hydrogen-bond acceptors (Lipinski definition) is 3. The van der Waals surface area contributed by atoms with Gasteiger partial charge in [-0.15, -0.1) is 0 Å². The first-order valence-electron chi connectivity index (χ1n) is 5.24. The third kappa shape index (κ3) is 1.87. The Hall–Kier alpha value is -0.120. The van der Waals surface area contributed by atoms with Crippen LogP contribution in [0, 0.1) is 0 Å². The summed E-state index contributed by atoms with van der Waals surface area (Å²) in [6, 6.07) is 0. The highest BCUT2D eigenvalue weighted by molar-refractivity contribution is 4.92. The summed E-state index contributed by atoms with van der Waals surface area (Å²) in [4.78, 5) is 0. The minimum Gasteiger partial charge on any atom is -0.378 e. The van der Waals surface area contributed by atoms with Crippen molar-refractivity contribution in [2.45, 2.75) is 50.4 Å². The number of ether oxygens (including phenoxy) is 2. The monoisotopic (exact) mass is 185 g/mol. The summed E-state index contributed by atoms with van der Waals surface area (Å²) in [7, 11) is 0. The predicted molar refractivity (Wildman–Crippen MR) is 50.5 cm³/mol. The van der Waals surface area contributed by atoms with Crippen molar-refractivity contribution in [3.8, 4) is 0 Å². The van der Waals surface area contributed by atoms with Crippen LogP contribution in [-0.2, 0) is 9.47 Å². The molecule has 0 aliphatic carbocycles. The normalized spacial score (nSPS) is 45.7. The van der Waals surface area contributed by atoms with E-state index in [9.17, 15) is 0 Å². The van der Waals surface area contributed by atoms with Gasteiger partial charge in [0.05, 0.1) is 17.8 Å². The van der Waals surface area contributed by atoms with Crippen LogP contribution in [0.5, 0.6) is 0 Å². The van der Waals surface area contributed by atoms with Crippen molar-refractivity contribution in [3.05, 3.63) is 0 Å². The highest BCUT2D eigenvalue weighted by Gasteiger charge is 2.42. The van der Waals surface area contributed by atoms with Gasteiger partial charge in [0.1, 0.15) is 0 Å². The quantitative estimate of drug-likeness (QED) is 0.664. The second-order valence-corrected chi connectivity index (χ2v) is 4.33. The van der Waals surface area contributed by atoms with E-state index in [0.717, 1.165) is 25.9 Å². The van der Waals surface area contributed by atoms with Gasteiger partial charge in [0, 0.05) is 19.6 Å². The molecule has 0 radical (unpaired) electrons. The first-order valence-corrected chi connectivity index (χ1v) is 5.24. The summed E-state index contributed by atoms with van der Waals surface area (Å²) in [6.45, 7) is 3.63. The molecule has 13 heavy (non-hydrogen) atoms. The van der Waals surface area contributed by atoms with Gasteiger partial charge in [-0.1, -0.05) is 0 Å². The van der Waals surface area contributed by atoms with E-state index in [1.54, 1.807) is 0 Å². The van der Waals surface area contributed by atoms with Gasteiger partial charge in [-0.3, -0.25) is 0 Å². The molecule has 0 bridgehead atoms. The highest BCUT2D eigenvalue weighted by atomic mass is 16.5. The maximum absolute atomic E-state index is 6.00. The second-order valence-electron chi connectivity index (χ2n) is 4.33. The largest absolute Gasteiger partial charge is 0.378 e. The molecule has 0 aromatic carbocycles. The molecule has 2 N–H and O–H groups in total. The van der Waals surface area contributed by atoms with E-state index in [1.807, 2.05) is 0 Å². The van der Waals surface area contributed by atoms with Crippen molar-refractivity contribution in [2.24, 2.45) is 5.73 Å². The molecule has 0 aromatic rings. The van der Waals surface area contributed by atoms with Gasteiger partial charge < -0.3 is 15.2 Å². The van der Waals surface area contributed by atoms with Crippen molar-refractivity contribution in [3.63, 3.8) is 0 Å². The van der Waals surface area contributed by atoms with Crippen LogP contribution in [0.25, 0.3) is 0 Å². The molecule has 2 saturated heterocycles. The Balaban J connectivity index is 1.97. The molecule has 0 saturated carbocycles. The third-order valence-corrected chi connectivity index (χ3v) is 3.22.